The molecule has 0 unspecified atom stereocenters. The van der Waals surface area contributed by atoms with E-state index in [9.17, 15) is 4.79 Å². The van der Waals surface area contributed by atoms with Gasteiger partial charge in [0.25, 0.3) is 0 Å². The maximum absolute atomic E-state index is 11.9. The zero-order valence-electron chi connectivity index (χ0n) is 11.2. The molecule has 1 aromatic carbocycles. The first kappa shape index (κ1) is 14.2. The quantitative estimate of drug-likeness (QED) is 0.888. The minimum Gasteiger partial charge on any atom is -0.378 e. The number of nitrogens with one attached hydrogen (secondary N) is 1. The van der Waals surface area contributed by atoms with Gasteiger partial charge in [-0.2, -0.15) is 5.26 Å². The largest absolute Gasteiger partial charge is 0.378 e. The van der Waals surface area contributed by atoms with Crippen LogP contribution in [0.2, 0.25) is 0 Å². The third-order valence-electron chi connectivity index (χ3n) is 2.80. The van der Waals surface area contributed by atoms with Gasteiger partial charge in [-0.05, 0) is 32.4 Å². The molecule has 1 N–H and O–H groups in total. The van der Waals surface area contributed by atoms with Crippen LogP contribution in [0.4, 0.5) is 5.69 Å². The second-order valence-electron chi connectivity index (χ2n) is 4.80. The minimum absolute atomic E-state index is 0.163. The van der Waals surface area contributed by atoms with Crippen LogP contribution in [0.25, 0.3) is 0 Å². The number of methoxy groups -OCH3 is 1. The third kappa shape index (κ3) is 3.57. The third-order valence-corrected chi connectivity index (χ3v) is 2.80. The molecule has 1 aromatic rings. The standard InChI is InChI=1S/C14H18N2O2/c1-10-6-5-7-12(11(10)9-15)16-13(17)8-14(2,3)18-4/h5-7H,8H2,1-4H3,(H,16,17). The molecule has 0 spiro atoms. The molecule has 0 radical (unpaired) electrons. The second-order valence-corrected chi connectivity index (χ2v) is 4.80. The summed E-state index contributed by atoms with van der Waals surface area (Å²) in [5, 5.41) is 11.8. The number of anilines is 1. The molecule has 0 atom stereocenters. The highest BCUT2D eigenvalue weighted by atomic mass is 16.5. The fourth-order valence-electron chi connectivity index (χ4n) is 1.57. The van der Waals surface area contributed by atoms with Gasteiger partial charge in [0.15, 0.2) is 0 Å². The second kappa shape index (κ2) is 5.65. The zero-order chi connectivity index (χ0) is 13.8. The number of carbonyl (C=O) groups excluding carboxylic acids is 1. The van der Waals surface area contributed by atoms with E-state index in [1.807, 2.05) is 32.9 Å². The van der Waals surface area contributed by atoms with E-state index in [1.54, 1.807) is 13.2 Å². The Balaban J connectivity index is 2.84. The highest BCUT2D eigenvalue weighted by Crippen LogP contribution is 2.20. The molecule has 0 saturated carbocycles. The Hall–Kier alpha value is -1.86. The molecule has 0 heterocycles. The number of carbonyl (C=O) groups is 1. The van der Waals surface area contributed by atoms with Gasteiger partial charge < -0.3 is 10.1 Å². The smallest absolute Gasteiger partial charge is 0.227 e. The van der Waals surface area contributed by atoms with E-state index in [2.05, 4.69) is 11.4 Å². The highest BCUT2D eigenvalue weighted by Gasteiger charge is 2.21. The van der Waals surface area contributed by atoms with Crippen LogP contribution < -0.4 is 5.32 Å². The topological polar surface area (TPSA) is 62.1 Å². The van der Waals surface area contributed by atoms with Gasteiger partial charge in [0, 0.05) is 7.11 Å². The van der Waals surface area contributed by atoms with E-state index in [0.29, 0.717) is 11.3 Å². The van der Waals surface area contributed by atoms with Crippen molar-refractivity contribution < 1.29 is 9.53 Å². The van der Waals surface area contributed by atoms with E-state index in [-0.39, 0.29) is 12.3 Å². The van der Waals surface area contributed by atoms with E-state index in [0.717, 1.165) is 5.56 Å². The van der Waals surface area contributed by atoms with Gasteiger partial charge in [-0.3, -0.25) is 4.79 Å². The number of nitriles is 1. The van der Waals surface area contributed by atoms with Crippen LogP contribution in [0.3, 0.4) is 0 Å². The Bertz CT molecular complexity index is 487. The summed E-state index contributed by atoms with van der Waals surface area (Å²) in [5.74, 6) is -0.163. The number of hydrogen-bond donors (Lipinski definition) is 1. The van der Waals surface area contributed by atoms with Crippen molar-refractivity contribution in [3.05, 3.63) is 29.3 Å². The molecular formula is C14H18N2O2. The first-order valence-electron chi connectivity index (χ1n) is 5.74. The molecule has 4 nitrogen and oxygen atoms in total. The van der Waals surface area contributed by atoms with Gasteiger partial charge in [-0.1, -0.05) is 12.1 Å². The van der Waals surface area contributed by atoms with E-state index < -0.39 is 5.60 Å². The summed E-state index contributed by atoms with van der Waals surface area (Å²) < 4.78 is 5.20. The predicted octanol–water partition coefficient (Wildman–Crippen LogP) is 2.62. The maximum Gasteiger partial charge on any atom is 0.227 e. The van der Waals surface area contributed by atoms with Crippen LogP contribution in [-0.4, -0.2) is 18.6 Å². The molecule has 18 heavy (non-hydrogen) atoms. The average molecular weight is 246 g/mol. The number of hydrogen-bond acceptors (Lipinski definition) is 3. The van der Waals surface area contributed by atoms with Crippen LogP contribution in [0.5, 0.6) is 0 Å². The van der Waals surface area contributed by atoms with Crippen molar-refractivity contribution in [2.24, 2.45) is 0 Å². The molecule has 0 aliphatic rings. The van der Waals surface area contributed by atoms with Crippen molar-refractivity contribution in [3.8, 4) is 6.07 Å². The Morgan fingerprint density at radius 1 is 1.50 bits per heavy atom. The van der Waals surface area contributed by atoms with Crippen molar-refractivity contribution in [3.63, 3.8) is 0 Å². The van der Waals surface area contributed by atoms with E-state index in [4.69, 9.17) is 10.00 Å². The van der Waals surface area contributed by atoms with Crippen LogP contribution >= 0.6 is 0 Å². The van der Waals surface area contributed by atoms with Crippen molar-refractivity contribution in [2.45, 2.75) is 32.8 Å². The van der Waals surface area contributed by atoms with Crippen molar-refractivity contribution in [1.82, 2.24) is 0 Å². The molecule has 0 aromatic heterocycles. The molecule has 0 aliphatic heterocycles. The summed E-state index contributed by atoms with van der Waals surface area (Å²) in [7, 11) is 1.57. The molecule has 1 amide bonds. The minimum atomic E-state index is -0.513. The molecule has 1 rings (SSSR count). The molecule has 4 heteroatoms. The Labute approximate surface area is 108 Å². The van der Waals surface area contributed by atoms with Crippen LogP contribution in [0.1, 0.15) is 31.4 Å². The van der Waals surface area contributed by atoms with Gasteiger partial charge in [0.2, 0.25) is 5.91 Å². The van der Waals surface area contributed by atoms with Gasteiger partial charge in [0.1, 0.15) is 6.07 Å². The first-order chi connectivity index (χ1) is 8.39. The summed E-state index contributed by atoms with van der Waals surface area (Å²) in [6, 6.07) is 7.48. The lowest BCUT2D eigenvalue weighted by Gasteiger charge is -2.22. The van der Waals surface area contributed by atoms with Crippen molar-refractivity contribution >= 4 is 11.6 Å². The molecular weight excluding hydrogens is 228 g/mol. The fraction of sp³-hybridized carbons (Fsp3) is 0.429. The lowest BCUT2D eigenvalue weighted by molar-refractivity contribution is -0.121. The van der Waals surface area contributed by atoms with Crippen LogP contribution in [-0.2, 0) is 9.53 Å². The molecule has 96 valence electrons. The number of amides is 1. The maximum atomic E-state index is 11.9. The fourth-order valence-corrected chi connectivity index (χ4v) is 1.57. The molecule has 0 fully saturated rings. The normalized spacial score (nSPS) is 10.8. The highest BCUT2D eigenvalue weighted by molar-refractivity contribution is 5.92. The number of ether oxygens (including phenoxy) is 1. The average Bonchev–Trinajstić information content (AvgIpc) is 2.28. The Kier molecular flexibility index (Phi) is 4.46. The first-order valence-corrected chi connectivity index (χ1v) is 5.74. The van der Waals surface area contributed by atoms with E-state index >= 15 is 0 Å². The van der Waals surface area contributed by atoms with Crippen LogP contribution in [0, 0.1) is 18.3 Å². The van der Waals surface area contributed by atoms with Gasteiger partial charge in [0.05, 0.1) is 23.3 Å². The number of rotatable bonds is 4. The van der Waals surface area contributed by atoms with Crippen molar-refractivity contribution in [2.75, 3.05) is 12.4 Å². The Morgan fingerprint density at radius 2 is 2.17 bits per heavy atom. The SMILES string of the molecule is COC(C)(C)CC(=O)Nc1cccc(C)c1C#N. The lowest BCUT2D eigenvalue weighted by Crippen LogP contribution is -2.29. The summed E-state index contributed by atoms with van der Waals surface area (Å²) in [6.45, 7) is 5.52. The zero-order valence-corrected chi connectivity index (χ0v) is 11.2. The summed E-state index contributed by atoms with van der Waals surface area (Å²) in [4.78, 5) is 11.9. The van der Waals surface area contributed by atoms with Gasteiger partial charge in [-0.25, -0.2) is 0 Å². The monoisotopic (exact) mass is 246 g/mol. The summed E-state index contributed by atoms with van der Waals surface area (Å²) in [6.07, 6.45) is 0.238. The van der Waals surface area contributed by atoms with Gasteiger partial charge in [-0.15, -0.1) is 0 Å². The Morgan fingerprint density at radius 3 is 2.72 bits per heavy atom. The predicted molar refractivity (Wildman–Crippen MR) is 70.2 cm³/mol. The lowest BCUT2D eigenvalue weighted by atomic mass is 10.0. The molecule has 0 saturated heterocycles. The van der Waals surface area contributed by atoms with Crippen LogP contribution in [0.15, 0.2) is 18.2 Å². The molecule has 0 aliphatic carbocycles. The summed E-state index contributed by atoms with van der Waals surface area (Å²) in [5.41, 5.74) is 1.39. The number of aryl methyl sites for hydroxylation is 1. The van der Waals surface area contributed by atoms with Crippen molar-refractivity contribution in [1.29, 1.82) is 5.26 Å². The van der Waals surface area contributed by atoms with E-state index in [1.165, 1.54) is 0 Å². The number of benzene rings is 1. The molecule has 0 bridgehead atoms. The summed E-state index contributed by atoms with van der Waals surface area (Å²) >= 11 is 0. The van der Waals surface area contributed by atoms with Gasteiger partial charge >= 0.3 is 0 Å². The number of nitrogens with zero attached hydrogens (tertiary/aromatic N) is 1.